The van der Waals surface area contributed by atoms with E-state index >= 15 is 0 Å². The van der Waals surface area contributed by atoms with Gasteiger partial charge in [0.2, 0.25) is 0 Å². The van der Waals surface area contributed by atoms with Crippen molar-refractivity contribution in [3.8, 4) is 5.69 Å². The van der Waals surface area contributed by atoms with Crippen LogP contribution in [0.15, 0.2) is 24.3 Å². The van der Waals surface area contributed by atoms with Gasteiger partial charge in [-0.25, -0.2) is 18.3 Å². The minimum atomic E-state index is -0.929. The first kappa shape index (κ1) is 16.9. The van der Waals surface area contributed by atoms with Gasteiger partial charge < -0.3 is 10.0 Å². The van der Waals surface area contributed by atoms with E-state index in [1.807, 2.05) is 0 Å². The molecular formula is C16H16F2N4O3. The van der Waals surface area contributed by atoms with Crippen LogP contribution in [0.2, 0.25) is 0 Å². The zero-order valence-corrected chi connectivity index (χ0v) is 13.4. The Hall–Kier alpha value is -2.97. The van der Waals surface area contributed by atoms with Crippen molar-refractivity contribution in [1.82, 2.24) is 14.7 Å². The molecule has 0 aliphatic carbocycles. The highest BCUT2D eigenvalue weighted by molar-refractivity contribution is 5.89. The monoisotopic (exact) mass is 350 g/mol. The highest BCUT2D eigenvalue weighted by atomic mass is 19.1. The van der Waals surface area contributed by atoms with Crippen molar-refractivity contribution < 1.29 is 23.5 Å². The number of carbonyl (C=O) groups is 2. The van der Waals surface area contributed by atoms with Crippen LogP contribution in [0.3, 0.4) is 0 Å². The van der Waals surface area contributed by atoms with E-state index in [0.29, 0.717) is 18.7 Å². The fraction of sp³-hybridized carbons (Fsp3) is 0.312. The fourth-order valence-corrected chi connectivity index (χ4v) is 2.77. The summed E-state index contributed by atoms with van der Waals surface area (Å²) in [6.07, 6.45) is 0.400. The van der Waals surface area contributed by atoms with Crippen molar-refractivity contribution in [3.05, 3.63) is 41.6 Å². The van der Waals surface area contributed by atoms with E-state index in [-0.39, 0.29) is 18.1 Å². The zero-order chi connectivity index (χ0) is 18.1. The number of aromatic nitrogens is 2. The maximum absolute atomic E-state index is 13.9. The van der Waals surface area contributed by atoms with Crippen molar-refractivity contribution >= 4 is 17.8 Å². The molecule has 25 heavy (non-hydrogen) atoms. The molecule has 1 saturated heterocycles. The van der Waals surface area contributed by atoms with E-state index in [1.165, 1.54) is 15.6 Å². The minimum Gasteiger partial charge on any atom is -0.481 e. The van der Waals surface area contributed by atoms with Gasteiger partial charge >= 0.3 is 12.0 Å². The average Bonchev–Trinajstić information content (AvgIpc) is 3.15. The second-order valence-corrected chi connectivity index (χ2v) is 5.88. The third-order valence-electron chi connectivity index (χ3n) is 4.09. The average molecular weight is 350 g/mol. The van der Waals surface area contributed by atoms with Crippen LogP contribution < -0.4 is 5.32 Å². The number of rotatable bonds is 3. The van der Waals surface area contributed by atoms with Gasteiger partial charge in [0.15, 0.2) is 11.6 Å². The molecule has 132 valence electrons. The summed E-state index contributed by atoms with van der Waals surface area (Å²) in [7, 11) is 0. The van der Waals surface area contributed by atoms with E-state index in [1.54, 1.807) is 13.0 Å². The number of carboxylic acids is 1. The van der Waals surface area contributed by atoms with E-state index in [0.717, 1.165) is 12.1 Å². The van der Waals surface area contributed by atoms with Gasteiger partial charge in [-0.15, -0.1) is 5.10 Å². The number of hydrogen-bond acceptors (Lipinski definition) is 3. The van der Waals surface area contributed by atoms with E-state index < -0.39 is 29.6 Å². The second-order valence-electron chi connectivity index (χ2n) is 5.88. The second kappa shape index (κ2) is 6.50. The lowest BCUT2D eigenvalue weighted by Crippen LogP contribution is -2.33. The van der Waals surface area contributed by atoms with Crippen LogP contribution in [-0.4, -0.2) is 44.9 Å². The molecule has 1 aliphatic heterocycles. The van der Waals surface area contributed by atoms with E-state index in [9.17, 15) is 18.4 Å². The summed E-state index contributed by atoms with van der Waals surface area (Å²) in [5, 5.41) is 15.7. The number of amides is 2. The number of anilines is 1. The summed E-state index contributed by atoms with van der Waals surface area (Å²) in [6.45, 7) is 2.14. The first-order valence-corrected chi connectivity index (χ1v) is 7.66. The van der Waals surface area contributed by atoms with Crippen LogP contribution in [0.25, 0.3) is 5.69 Å². The van der Waals surface area contributed by atoms with Crippen LogP contribution in [0, 0.1) is 24.5 Å². The Kier molecular flexibility index (Phi) is 4.39. The number of aryl methyl sites for hydroxylation is 1. The Labute approximate surface area is 141 Å². The molecule has 2 amide bonds. The lowest BCUT2D eigenvalue weighted by Gasteiger charge is -2.15. The first-order valence-electron chi connectivity index (χ1n) is 7.66. The number of benzene rings is 1. The Morgan fingerprint density at radius 1 is 1.32 bits per heavy atom. The van der Waals surface area contributed by atoms with Gasteiger partial charge in [-0.3, -0.25) is 10.1 Å². The Morgan fingerprint density at radius 3 is 2.72 bits per heavy atom. The van der Waals surface area contributed by atoms with Gasteiger partial charge in [0, 0.05) is 30.9 Å². The molecule has 2 aromatic rings. The van der Waals surface area contributed by atoms with Crippen LogP contribution in [-0.2, 0) is 4.79 Å². The standard InChI is InChI=1S/C16H16F2N4O3/c1-9-6-14(19-16(25)21-5-4-10(8-21)15(23)24)20-22(9)13-3-2-11(17)7-12(13)18/h2-3,6-7,10H,4-5,8H2,1H3,(H,23,24)(H,19,20,25). The van der Waals surface area contributed by atoms with Gasteiger partial charge in [-0.05, 0) is 25.5 Å². The molecular weight excluding hydrogens is 334 g/mol. The van der Waals surface area contributed by atoms with Gasteiger partial charge in [0.1, 0.15) is 11.5 Å². The van der Waals surface area contributed by atoms with Gasteiger partial charge in [0.25, 0.3) is 0 Å². The SMILES string of the molecule is Cc1cc(NC(=O)N2CCC(C(=O)O)C2)nn1-c1ccc(F)cc1F. The molecule has 3 rings (SSSR count). The smallest absolute Gasteiger partial charge is 0.323 e. The summed E-state index contributed by atoms with van der Waals surface area (Å²) >= 11 is 0. The number of halogens is 2. The van der Waals surface area contributed by atoms with Gasteiger partial charge in [-0.2, -0.15) is 0 Å². The molecule has 9 heteroatoms. The quantitative estimate of drug-likeness (QED) is 0.890. The Bertz CT molecular complexity index is 837. The van der Waals surface area contributed by atoms with Crippen LogP contribution >= 0.6 is 0 Å². The van der Waals surface area contributed by atoms with Crippen molar-refractivity contribution in [1.29, 1.82) is 0 Å². The number of likely N-dealkylation sites (tertiary alicyclic amines) is 1. The number of hydrogen-bond donors (Lipinski definition) is 2. The molecule has 2 heterocycles. The number of nitrogens with one attached hydrogen (secondary N) is 1. The molecule has 1 atom stereocenters. The molecule has 0 bridgehead atoms. The van der Waals surface area contributed by atoms with Crippen LogP contribution in [0.1, 0.15) is 12.1 Å². The molecule has 0 radical (unpaired) electrons. The maximum Gasteiger partial charge on any atom is 0.323 e. The molecule has 0 saturated carbocycles. The van der Waals surface area contributed by atoms with Gasteiger partial charge in [-0.1, -0.05) is 0 Å². The van der Waals surface area contributed by atoms with E-state index in [2.05, 4.69) is 10.4 Å². The molecule has 1 aromatic heterocycles. The molecule has 1 fully saturated rings. The fourth-order valence-electron chi connectivity index (χ4n) is 2.77. The summed E-state index contributed by atoms with van der Waals surface area (Å²) < 4.78 is 28.2. The molecule has 7 nitrogen and oxygen atoms in total. The maximum atomic E-state index is 13.9. The summed E-state index contributed by atoms with van der Waals surface area (Å²) in [4.78, 5) is 24.5. The topological polar surface area (TPSA) is 87.5 Å². The summed E-state index contributed by atoms with van der Waals surface area (Å²) in [5.74, 6) is -2.76. The molecule has 0 spiro atoms. The highest BCUT2D eigenvalue weighted by Crippen LogP contribution is 2.21. The zero-order valence-electron chi connectivity index (χ0n) is 13.4. The minimum absolute atomic E-state index is 0.0616. The lowest BCUT2D eigenvalue weighted by molar-refractivity contribution is -0.141. The largest absolute Gasteiger partial charge is 0.481 e. The summed E-state index contributed by atoms with van der Waals surface area (Å²) in [6, 6.07) is 4.21. The van der Waals surface area contributed by atoms with Crippen LogP contribution in [0.5, 0.6) is 0 Å². The van der Waals surface area contributed by atoms with Crippen molar-refractivity contribution in [2.24, 2.45) is 5.92 Å². The Morgan fingerprint density at radius 2 is 2.08 bits per heavy atom. The van der Waals surface area contributed by atoms with Crippen molar-refractivity contribution in [2.45, 2.75) is 13.3 Å². The third kappa shape index (κ3) is 3.44. The number of carboxylic acid groups (broad SMARTS) is 1. The molecule has 2 N–H and O–H groups in total. The predicted molar refractivity (Wildman–Crippen MR) is 84.6 cm³/mol. The molecule has 1 unspecified atom stereocenters. The highest BCUT2D eigenvalue weighted by Gasteiger charge is 2.31. The predicted octanol–water partition coefficient (Wildman–Crippen LogP) is 2.40. The molecule has 1 aromatic carbocycles. The first-order chi connectivity index (χ1) is 11.8. The lowest BCUT2D eigenvalue weighted by atomic mass is 10.1. The van der Waals surface area contributed by atoms with Crippen molar-refractivity contribution in [2.75, 3.05) is 18.4 Å². The third-order valence-corrected chi connectivity index (χ3v) is 4.09. The number of nitrogens with zero attached hydrogens (tertiary/aromatic N) is 3. The van der Waals surface area contributed by atoms with E-state index in [4.69, 9.17) is 5.11 Å². The van der Waals surface area contributed by atoms with Crippen molar-refractivity contribution in [3.63, 3.8) is 0 Å². The Balaban J connectivity index is 1.74. The number of aliphatic carboxylic acids is 1. The summed E-state index contributed by atoms with van der Waals surface area (Å²) in [5.41, 5.74) is 0.608. The molecule has 1 aliphatic rings. The number of carbonyl (C=O) groups excluding carboxylic acids is 1. The number of urea groups is 1. The normalized spacial score (nSPS) is 16.9. The van der Waals surface area contributed by atoms with Crippen LogP contribution in [0.4, 0.5) is 19.4 Å². The van der Waals surface area contributed by atoms with Gasteiger partial charge in [0.05, 0.1) is 5.92 Å².